The van der Waals surface area contributed by atoms with Crippen LogP contribution >= 0.6 is 18.1 Å². The molecule has 1 aliphatic rings. The average Bonchev–Trinajstić information content (AvgIpc) is 2.76. The minimum atomic E-state index is -3.29. The van der Waals surface area contributed by atoms with Crippen LogP contribution in [0.4, 0.5) is 0 Å². The van der Waals surface area contributed by atoms with Crippen LogP contribution in [0.3, 0.4) is 0 Å². The molecule has 138 valence electrons. The van der Waals surface area contributed by atoms with Gasteiger partial charge in [0.15, 0.2) is 5.96 Å². The quantitative estimate of drug-likeness (QED) is 0.421. The van der Waals surface area contributed by atoms with Gasteiger partial charge in [-0.2, -0.15) is 4.99 Å². The van der Waals surface area contributed by atoms with Gasteiger partial charge in [-0.15, -0.1) is 0 Å². The topological polar surface area (TPSA) is 123 Å². The van der Waals surface area contributed by atoms with E-state index in [1.807, 2.05) is 0 Å². The average molecular weight is 380 g/mol. The smallest absolute Gasteiger partial charge is 0.327 e. The van der Waals surface area contributed by atoms with Crippen molar-refractivity contribution in [2.75, 3.05) is 25.4 Å². The largest absolute Gasteiger partial charge is 0.462 e. The zero-order valence-electron chi connectivity index (χ0n) is 14.4. The highest BCUT2D eigenvalue weighted by molar-refractivity contribution is 8.56. The first-order valence-electron chi connectivity index (χ1n) is 7.66. The van der Waals surface area contributed by atoms with E-state index >= 15 is 0 Å². The lowest BCUT2D eigenvalue weighted by atomic mass is 10.4. The Bertz CT molecular complexity index is 542. The first-order chi connectivity index (χ1) is 11.2. The molecule has 11 heteroatoms. The number of nitrogens with zero attached hydrogens (tertiary/aromatic N) is 2. The molecule has 0 aromatic carbocycles. The fourth-order valence-corrected chi connectivity index (χ4v) is 5.74. The van der Waals surface area contributed by atoms with Crippen LogP contribution in [0.25, 0.3) is 0 Å². The molecular formula is C13H25N4O5PS. The number of esters is 1. The number of ether oxygens (including phenoxy) is 1. The van der Waals surface area contributed by atoms with Crippen LogP contribution in [0.15, 0.2) is 4.99 Å². The molecule has 0 saturated heterocycles. The maximum absolute atomic E-state index is 12.8. The molecule has 9 nitrogen and oxygen atoms in total. The maximum Gasteiger partial charge on any atom is 0.327 e. The molecule has 1 heterocycles. The predicted octanol–water partition coefficient (Wildman–Crippen LogP) is 0.951. The lowest BCUT2D eigenvalue weighted by Gasteiger charge is -2.23. The van der Waals surface area contributed by atoms with Crippen molar-refractivity contribution in [3.8, 4) is 0 Å². The molecular weight excluding hydrogens is 355 g/mol. The monoisotopic (exact) mass is 380 g/mol. The molecule has 0 aliphatic carbocycles. The second-order valence-electron chi connectivity index (χ2n) is 5.37. The molecule has 1 amide bonds. The fourth-order valence-electron chi connectivity index (χ4n) is 1.85. The lowest BCUT2D eigenvalue weighted by Crippen LogP contribution is -2.36. The summed E-state index contributed by atoms with van der Waals surface area (Å²) in [6.07, 6.45) is -0.254. The highest BCUT2D eigenvalue weighted by Crippen LogP contribution is 2.56. The molecule has 0 aromatic rings. The lowest BCUT2D eigenvalue weighted by molar-refractivity contribution is -0.149. The summed E-state index contributed by atoms with van der Waals surface area (Å²) in [5.41, 5.74) is 5.61. The Morgan fingerprint density at radius 2 is 2.17 bits per heavy atom. The second kappa shape index (κ2) is 9.41. The summed E-state index contributed by atoms with van der Waals surface area (Å²) in [6, 6.07) is -0.766. The maximum atomic E-state index is 12.8. The molecule has 1 aliphatic heterocycles. The molecule has 0 saturated carbocycles. The van der Waals surface area contributed by atoms with E-state index in [1.165, 1.54) is 0 Å². The molecule has 1 rings (SSSR count). The van der Waals surface area contributed by atoms with Gasteiger partial charge in [0, 0.05) is 12.3 Å². The Morgan fingerprint density at radius 3 is 2.67 bits per heavy atom. The van der Waals surface area contributed by atoms with E-state index < -0.39 is 18.7 Å². The summed E-state index contributed by atoms with van der Waals surface area (Å²) < 4.78 is 23.2. The zero-order chi connectivity index (χ0) is 18.3. The molecule has 3 N–H and O–H groups in total. The summed E-state index contributed by atoms with van der Waals surface area (Å²) in [5, 5.41) is 2.72. The van der Waals surface area contributed by atoms with E-state index in [1.54, 1.807) is 32.6 Å². The van der Waals surface area contributed by atoms with Crippen LogP contribution in [0.2, 0.25) is 0 Å². The number of hydrogen-bond donors (Lipinski definition) is 2. The zero-order valence-corrected chi connectivity index (χ0v) is 16.1. The van der Waals surface area contributed by atoms with Crippen LogP contribution in [-0.2, 0) is 23.4 Å². The van der Waals surface area contributed by atoms with Crippen LogP contribution in [0.1, 0.15) is 27.7 Å². The van der Waals surface area contributed by atoms with Crippen LogP contribution in [0, 0.1) is 0 Å². The van der Waals surface area contributed by atoms with Crippen molar-refractivity contribution in [1.29, 1.82) is 0 Å². The third kappa shape index (κ3) is 6.80. The summed E-state index contributed by atoms with van der Waals surface area (Å²) in [5.74, 6) is -0.242. The van der Waals surface area contributed by atoms with Gasteiger partial charge in [0.25, 0.3) is 5.91 Å². The van der Waals surface area contributed by atoms with Gasteiger partial charge >= 0.3 is 12.7 Å². The van der Waals surface area contributed by atoms with Crippen LogP contribution < -0.4 is 10.8 Å². The van der Waals surface area contributed by atoms with Gasteiger partial charge in [0.05, 0.1) is 12.7 Å². The van der Waals surface area contributed by atoms with E-state index in [9.17, 15) is 14.2 Å². The van der Waals surface area contributed by atoms with Gasteiger partial charge in [-0.3, -0.25) is 14.2 Å². The number of aliphatic imine (C=N–C) groups is 1. The fraction of sp³-hybridized carbons (Fsp3) is 0.769. The van der Waals surface area contributed by atoms with Gasteiger partial charge in [0.2, 0.25) is 0 Å². The van der Waals surface area contributed by atoms with Gasteiger partial charge in [-0.25, -0.2) is 5.09 Å². The summed E-state index contributed by atoms with van der Waals surface area (Å²) >= 11 is 1.05. The van der Waals surface area contributed by atoms with E-state index in [-0.39, 0.29) is 31.1 Å². The molecule has 1 unspecified atom stereocenters. The second-order valence-corrected chi connectivity index (χ2v) is 9.76. The minimum Gasteiger partial charge on any atom is -0.462 e. The minimum absolute atomic E-state index is 0.121. The number of rotatable bonds is 10. The normalized spacial score (nSPS) is 18.5. The molecule has 0 fully saturated rings. The third-order valence-electron chi connectivity index (χ3n) is 2.87. The van der Waals surface area contributed by atoms with Crippen LogP contribution in [-0.4, -0.2) is 60.3 Å². The van der Waals surface area contributed by atoms with Crippen molar-refractivity contribution < 1.29 is 23.4 Å². The number of carbonyl (C=O) groups is 2. The Labute approximate surface area is 146 Å². The molecule has 0 aromatic heterocycles. The summed E-state index contributed by atoms with van der Waals surface area (Å²) in [4.78, 5) is 28.2. The number of hydrogen-bond acceptors (Lipinski definition) is 8. The molecule has 0 spiro atoms. The van der Waals surface area contributed by atoms with Crippen molar-refractivity contribution in [3.63, 3.8) is 0 Å². The Kier molecular flexibility index (Phi) is 8.21. The first-order valence-corrected chi connectivity index (χ1v) is 10.9. The molecule has 0 radical (unpaired) electrons. The van der Waals surface area contributed by atoms with Gasteiger partial charge in [0.1, 0.15) is 12.6 Å². The van der Waals surface area contributed by atoms with Crippen LogP contribution in [0.5, 0.6) is 0 Å². The van der Waals surface area contributed by atoms with Crippen molar-refractivity contribution >= 4 is 35.9 Å². The van der Waals surface area contributed by atoms with E-state index in [2.05, 4.69) is 10.1 Å². The highest BCUT2D eigenvalue weighted by Gasteiger charge is 2.30. The van der Waals surface area contributed by atoms with Crippen molar-refractivity contribution in [3.05, 3.63) is 0 Å². The van der Waals surface area contributed by atoms with Crippen molar-refractivity contribution in [2.24, 2.45) is 10.7 Å². The molecule has 24 heavy (non-hydrogen) atoms. The standard InChI is InChI=1S/C13H25N4O5PS/c1-5-21-23(20,16-10(4)12(19)22-9(2)3)24-7-6-17-8-11(18)15-13(17)14/h9-10H,5-8H2,1-4H3,(H,16,20)(H2,14,15,18)/t10-,23?/m0/s1. The number of amides is 1. The number of nitrogens with one attached hydrogen (secondary N) is 1. The van der Waals surface area contributed by atoms with Crippen molar-refractivity contribution in [2.45, 2.75) is 39.8 Å². The number of nitrogens with two attached hydrogens (primary N) is 1. The summed E-state index contributed by atoms with van der Waals surface area (Å²) in [6.45, 7) is 4.23. The number of carbonyl (C=O) groups excluding carboxylic acids is 2. The molecule has 2 atom stereocenters. The SMILES string of the molecule is CCOP(=O)(N[C@@H](C)C(=O)OC(C)C)SCCN1CC(=O)N=C1N. The highest BCUT2D eigenvalue weighted by atomic mass is 32.7. The van der Waals surface area contributed by atoms with E-state index in [4.69, 9.17) is 15.0 Å². The predicted molar refractivity (Wildman–Crippen MR) is 93.7 cm³/mol. The van der Waals surface area contributed by atoms with E-state index in [0.717, 1.165) is 11.4 Å². The van der Waals surface area contributed by atoms with Crippen molar-refractivity contribution in [1.82, 2.24) is 9.99 Å². The van der Waals surface area contributed by atoms with Gasteiger partial charge in [-0.05, 0) is 27.7 Å². The Balaban J connectivity index is 2.54. The van der Waals surface area contributed by atoms with Gasteiger partial charge in [-0.1, -0.05) is 11.4 Å². The summed E-state index contributed by atoms with van der Waals surface area (Å²) in [7, 11) is 0. The number of guanidine groups is 1. The Hall–Kier alpha value is -1.09. The Morgan fingerprint density at radius 1 is 1.50 bits per heavy atom. The van der Waals surface area contributed by atoms with E-state index in [0.29, 0.717) is 12.3 Å². The third-order valence-corrected chi connectivity index (χ3v) is 7.07. The van der Waals surface area contributed by atoms with Gasteiger partial charge < -0.3 is 19.9 Å². The molecule has 0 bridgehead atoms. The first kappa shape index (κ1) is 21.0.